The summed E-state index contributed by atoms with van der Waals surface area (Å²) in [5.41, 5.74) is 2.76. The van der Waals surface area contributed by atoms with E-state index in [4.69, 9.17) is 19.2 Å². The van der Waals surface area contributed by atoms with Gasteiger partial charge in [-0.05, 0) is 42.9 Å². The molecule has 0 aromatic heterocycles. The molecule has 2 atom stereocenters. The van der Waals surface area contributed by atoms with Gasteiger partial charge in [0.1, 0.15) is 5.92 Å². The molecule has 1 aliphatic heterocycles. The van der Waals surface area contributed by atoms with Gasteiger partial charge in [-0.1, -0.05) is 26.8 Å². The van der Waals surface area contributed by atoms with Crippen molar-refractivity contribution in [1.82, 2.24) is 0 Å². The number of ketones is 1. The summed E-state index contributed by atoms with van der Waals surface area (Å²) >= 11 is 0. The minimum Gasteiger partial charge on any atom is -0.493 e. The molecule has 1 aromatic rings. The molecule has 1 aliphatic carbocycles. The summed E-state index contributed by atoms with van der Waals surface area (Å²) in [4.78, 5) is 31.0. The summed E-state index contributed by atoms with van der Waals surface area (Å²) in [5, 5.41) is 0. The van der Waals surface area contributed by atoms with Gasteiger partial charge in [0.15, 0.2) is 17.3 Å². The van der Waals surface area contributed by atoms with E-state index in [9.17, 15) is 9.59 Å². The number of esters is 1. The van der Waals surface area contributed by atoms with E-state index in [0.29, 0.717) is 42.2 Å². The lowest BCUT2D eigenvalue weighted by molar-refractivity contribution is -0.146. The third-order valence-electron chi connectivity index (χ3n) is 5.77. The Morgan fingerprint density at radius 3 is 2.50 bits per heavy atom. The van der Waals surface area contributed by atoms with E-state index in [1.807, 2.05) is 26.0 Å². The van der Waals surface area contributed by atoms with Crippen LogP contribution in [0.4, 0.5) is 0 Å². The third kappa shape index (κ3) is 4.13. The van der Waals surface area contributed by atoms with E-state index in [2.05, 4.69) is 13.8 Å². The molecule has 1 heterocycles. The number of ether oxygens (including phenoxy) is 3. The Hall–Kier alpha value is -2.63. The van der Waals surface area contributed by atoms with Gasteiger partial charge in [-0.2, -0.15) is 0 Å². The molecule has 2 aliphatic rings. The minimum atomic E-state index is -0.640. The molecule has 0 saturated carbocycles. The number of methoxy groups -OCH3 is 2. The first-order valence-corrected chi connectivity index (χ1v) is 10.4. The Labute approximate surface area is 178 Å². The average molecular weight is 414 g/mol. The predicted octanol–water partition coefficient (Wildman–Crippen LogP) is 4.47. The molecule has 1 aromatic carbocycles. The van der Waals surface area contributed by atoms with E-state index in [-0.39, 0.29) is 17.2 Å². The van der Waals surface area contributed by atoms with E-state index >= 15 is 0 Å². The lowest BCUT2D eigenvalue weighted by atomic mass is 9.67. The van der Waals surface area contributed by atoms with Crippen molar-refractivity contribution in [1.29, 1.82) is 0 Å². The first-order valence-electron chi connectivity index (χ1n) is 10.4. The van der Waals surface area contributed by atoms with Crippen molar-refractivity contribution in [2.24, 2.45) is 16.3 Å². The lowest BCUT2D eigenvalue weighted by Gasteiger charge is -2.39. The zero-order valence-corrected chi connectivity index (χ0v) is 18.7. The van der Waals surface area contributed by atoms with Gasteiger partial charge in [0.25, 0.3) is 0 Å². The summed E-state index contributed by atoms with van der Waals surface area (Å²) in [5.74, 6) is -0.240. The van der Waals surface area contributed by atoms with Gasteiger partial charge < -0.3 is 14.2 Å². The van der Waals surface area contributed by atoms with Gasteiger partial charge in [0.05, 0.1) is 20.8 Å². The SMILES string of the molecule is CCCOC(=O)C1C(C)=NC2=C(C(=O)CC(C)(C)C2)[C@H]1c1ccc(OC)c(OC)c1. The number of nitrogens with zero attached hydrogens (tertiary/aromatic N) is 1. The molecule has 6 nitrogen and oxygen atoms in total. The summed E-state index contributed by atoms with van der Waals surface area (Å²) < 4.78 is 16.3. The number of carbonyl (C=O) groups excluding carboxylic acids is 2. The number of carbonyl (C=O) groups is 2. The molecule has 0 amide bonds. The molecule has 1 unspecified atom stereocenters. The highest BCUT2D eigenvalue weighted by Gasteiger charge is 2.46. The first kappa shape index (κ1) is 22.1. The maximum atomic E-state index is 13.3. The molecule has 6 heteroatoms. The summed E-state index contributed by atoms with van der Waals surface area (Å²) in [6.45, 7) is 8.29. The second-order valence-electron chi connectivity index (χ2n) is 8.79. The Bertz CT molecular complexity index is 912. The maximum Gasteiger partial charge on any atom is 0.315 e. The van der Waals surface area contributed by atoms with Crippen LogP contribution in [0.2, 0.25) is 0 Å². The van der Waals surface area contributed by atoms with Crippen molar-refractivity contribution < 1.29 is 23.8 Å². The number of benzene rings is 1. The maximum absolute atomic E-state index is 13.3. The zero-order chi connectivity index (χ0) is 22.1. The number of hydrogen-bond donors (Lipinski definition) is 0. The lowest BCUT2D eigenvalue weighted by Crippen LogP contribution is -2.39. The number of hydrogen-bond acceptors (Lipinski definition) is 6. The fourth-order valence-corrected chi connectivity index (χ4v) is 4.45. The summed E-state index contributed by atoms with van der Waals surface area (Å²) in [7, 11) is 3.15. The number of aliphatic imine (C=N–C) groups is 1. The largest absolute Gasteiger partial charge is 0.493 e. The standard InChI is InChI=1S/C24H31NO5/c1-7-10-30-23(27)20-14(2)25-16-12-24(3,4)13-17(26)22(16)21(20)15-8-9-18(28-5)19(11-15)29-6/h8-9,11,20-21H,7,10,12-13H2,1-6H3/t20?,21-/m0/s1. The minimum absolute atomic E-state index is 0.0468. The Kier molecular flexibility index (Phi) is 6.34. The predicted molar refractivity (Wildman–Crippen MR) is 115 cm³/mol. The van der Waals surface area contributed by atoms with Crippen LogP contribution in [0.25, 0.3) is 0 Å². The number of rotatable bonds is 6. The molecule has 0 radical (unpaired) electrons. The normalized spacial score (nSPS) is 22.9. The second kappa shape index (κ2) is 8.62. The molecular weight excluding hydrogens is 382 g/mol. The van der Waals surface area contributed by atoms with Gasteiger partial charge >= 0.3 is 5.97 Å². The monoisotopic (exact) mass is 413 g/mol. The fourth-order valence-electron chi connectivity index (χ4n) is 4.45. The molecule has 0 spiro atoms. The van der Waals surface area contributed by atoms with E-state index in [0.717, 1.165) is 17.7 Å². The molecule has 0 N–H and O–H groups in total. The van der Waals surface area contributed by atoms with Crippen LogP contribution in [0.3, 0.4) is 0 Å². The molecule has 162 valence electrons. The van der Waals surface area contributed by atoms with Gasteiger partial charge in [-0.15, -0.1) is 0 Å². The Morgan fingerprint density at radius 1 is 1.17 bits per heavy atom. The van der Waals surface area contributed by atoms with Crippen LogP contribution in [0.5, 0.6) is 11.5 Å². The van der Waals surface area contributed by atoms with Crippen LogP contribution in [-0.2, 0) is 14.3 Å². The summed E-state index contributed by atoms with van der Waals surface area (Å²) in [6, 6.07) is 5.55. The molecule has 0 fully saturated rings. The number of Topliss-reactive ketones (excluding diaryl/α,β-unsaturated/α-hetero) is 1. The molecule has 3 rings (SSSR count). The molecule has 30 heavy (non-hydrogen) atoms. The first-order chi connectivity index (χ1) is 14.2. The Morgan fingerprint density at radius 2 is 1.87 bits per heavy atom. The van der Waals surface area contributed by atoms with Gasteiger partial charge in [0.2, 0.25) is 0 Å². The summed E-state index contributed by atoms with van der Waals surface area (Å²) in [6.07, 6.45) is 1.86. The highest BCUT2D eigenvalue weighted by molar-refractivity contribution is 6.09. The van der Waals surface area contributed by atoms with E-state index < -0.39 is 11.8 Å². The van der Waals surface area contributed by atoms with Gasteiger partial charge in [0, 0.05) is 29.3 Å². The van der Waals surface area contributed by atoms with Crippen molar-refractivity contribution in [3.63, 3.8) is 0 Å². The number of allylic oxidation sites excluding steroid dienone is 2. The van der Waals surface area contributed by atoms with E-state index in [1.54, 1.807) is 20.3 Å². The molecule has 0 saturated heterocycles. The van der Waals surface area contributed by atoms with Crippen molar-refractivity contribution in [2.75, 3.05) is 20.8 Å². The van der Waals surface area contributed by atoms with Crippen molar-refractivity contribution in [3.05, 3.63) is 35.0 Å². The molecule has 0 bridgehead atoms. The zero-order valence-electron chi connectivity index (χ0n) is 18.7. The van der Waals surface area contributed by atoms with Crippen LogP contribution in [0.1, 0.15) is 58.4 Å². The topological polar surface area (TPSA) is 74.2 Å². The van der Waals surface area contributed by atoms with Crippen molar-refractivity contribution >= 4 is 17.5 Å². The molecular formula is C24H31NO5. The Balaban J connectivity index is 2.16. The quantitative estimate of drug-likeness (QED) is 0.643. The van der Waals surface area contributed by atoms with Crippen LogP contribution < -0.4 is 9.47 Å². The average Bonchev–Trinajstić information content (AvgIpc) is 2.69. The second-order valence-corrected chi connectivity index (χ2v) is 8.79. The van der Waals surface area contributed by atoms with E-state index in [1.165, 1.54) is 0 Å². The highest BCUT2D eigenvalue weighted by Crippen LogP contribution is 2.48. The third-order valence-corrected chi connectivity index (χ3v) is 5.77. The highest BCUT2D eigenvalue weighted by atomic mass is 16.5. The fraction of sp³-hybridized carbons (Fsp3) is 0.542. The van der Waals surface area contributed by atoms with Crippen LogP contribution in [0.15, 0.2) is 34.5 Å². The van der Waals surface area contributed by atoms with Crippen LogP contribution in [-0.4, -0.2) is 38.3 Å². The van der Waals surface area contributed by atoms with Crippen molar-refractivity contribution in [2.45, 2.75) is 52.9 Å². The van der Waals surface area contributed by atoms with Crippen LogP contribution >= 0.6 is 0 Å². The van der Waals surface area contributed by atoms with Gasteiger partial charge in [-0.25, -0.2) is 0 Å². The van der Waals surface area contributed by atoms with Gasteiger partial charge in [-0.3, -0.25) is 14.6 Å². The smallest absolute Gasteiger partial charge is 0.315 e. The van der Waals surface area contributed by atoms with Crippen LogP contribution in [0, 0.1) is 11.3 Å². The van der Waals surface area contributed by atoms with Crippen molar-refractivity contribution in [3.8, 4) is 11.5 Å².